The van der Waals surface area contributed by atoms with E-state index in [0.29, 0.717) is 0 Å². The van der Waals surface area contributed by atoms with Gasteiger partial charge < -0.3 is 4.74 Å². The Morgan fingerprint density at radius 1 is 1.36 bits per heavy atom. The molecule has 0 radical (unpaired) electrons. The van der Waals surface area contributed by atoms with Crippen LogP contribution in [0.1, 0.15) is 42.3 Å². The molecule has 0 heterocycles. The first kappa shape index (κ1) is 10.9. The highest BCUT2D eigenvalue weighted by molar-refractivity contribution is 5.94. The van der Waals surface area contributed by atoms with Crippen molar-refractivity contribution in [3.05, 3.63) is 35.4 Å². The molecule has 0 aliphatic carbocycles. The number of hydrogen-bond donors (Lipinski definition) is 0. The molecular weight excluding hydrogens is 176 g/mol. The van der Waals surface area contributed by atoms with Crippen molar-refractivity contribution in [2.45, 2.75) is 26.4 Å². The number of benzene rings is 1. The normalized spacial score (nSPS) is 12.5. The molecule has 2 nitrogen and oxygen atoms in total. The summed E-state index contributed by atoms with van der Waals surface area (Å²) in [6.45, 7) is 3.65. The SMILES string of the molecule is CC[C@@H](OC)c1ccc(C(C)=O)cc1. The van der Waals surface area contributed by atoms with Gasteiger partial charge in [-0.1, -0.05) is 31.2 Å². The average Bonchev–Trinajstić information content (AvgIpc) is 2.20. The van der Waals surface area contributed by atoms with E-state index in [1.54, 1.807) is 14.0 Å². The van der Waals surface area contributed by atoms with Gasteiger partial charge in [-0.25, -0.2) is 0 Å². The summed E-state index contributed by atoms with van der Waals surface area (Å²) in [4.78, 5) is 11.0. The summed E-state index contributed by atoms with van der Waals surface area (Å²) in [5.41, 5.74) is 1.87. The highest BCUT2D eigenvalue weighted by atomic mass is 16.5. The number of Topliss-reactive ketones (excluding diaryl/α,β-unsaturated/α-hetero) is 1. The van der Waals surface area contributed by atoms with Crippen LogP contribution in [0, 0.1) is 0 Å². The van der Waals surface area contributed by atoms with Crippen LogP contribution in [0.2, 0.25) is 0 Å². The molecule has 0 unspecified atom stereocenters. The van der Waals surface area contributed by atoms with Crippen molar-refractivity contribution >= 4 is 5.78 Å². The van der Waals surface area contributed by atoms with Crippen LogP contribution in [-0.2, 0) is 4.74 Å². The molecule has 76 valence electrons. The third kappa shape index (κ3) is 2.42. The van der Waals surface area contributed by atoms with Crippen LogP contribution in [0.5, 0.6) is 0 Å². The molecule has 0 N–H and O–H groups in total. The molecule has 0 fully saturated rings. The summed E-state index contributed by atoms with van der Waals surface area (Å²) in [7, 11) is 1.70. The maximum Gasteiger partial charge on any atom is 0.159 e. The molecule has 0 spiro atoms. The first-order valence-electron chi connectivity index (χ1n) is 4.82. The fourth-order valence-electron chi connectivity index (χ4n) is 1.47. The van der Waals surface area contributed by atoms with Crippen LogP contribution in [-0.4, -0.2) is 12.9 Å². The van der Waals surface area contributed by atoms with Gasteiger partial charge in [0.15, 0.2) is 5.78 Å². The molecule has 1 rings (SSSR count). The van der Waals surface area contributed by atoms with E-state index in [1.165, 1.54) is 0 Å². The van der Waals surface area contributed by atoms with Crippen molar-refractivity contribution in [1.82, 2.24) is 0 Å². The van der Waals surface area contributed by atoms with E-state index in [0.717, 1.165) is 17.5 Å². The monoisotopic (exact) mass is 192 g/mol. The summed E-state index contributed by atoms with van der Waals surface area (Å²) in [6.07, 6.45) is 1.08. The molecule has 0 aliphatic rings. The minimum Gasteiger partial charge on any atom is -0.377 e. The number of ketones is 1. The number of ether oxygens (including phenoxy) is 1. The maximum absolute atomic E-state index is 11.0. The first-order valence-corrected chi connectivity index (χ1v) is 4.82. The second-order valence-electron chi connectivity index (χ2n) is 3.31. The zero-order valence-corrected chi connectivity index (χ0v) is 8.91. The Hall–Kier alpha value is -1.15. The predicted octanol–water partition coefficient (Wildman–Crippen LogP) is 2.99. The second kappa shape index (κ2) is 4.91. The fourth-order valence-corrected chi connectivity index (χ4v) is 1.47. The van der Waals surface area contributed by atoms with Crippen LogP contribution in [0.4, 0.5) is 0 Å². The summed E-state index contributed by atoms with van der Waals surface area (Å²) >= 11 is 0. The van der Waals surface area contributed by atoms with Gasteiger partial charge in [-0.3, -0.25) is 4.79 Å². The van der Waals surface area contributed by atoms with Crippen LogP contribution in [0.25, 0.3) is 0 Å². The molecule has 14 heavy (non-hydrogen) atoms. The van der Waals surface area contributed by atoms with E-state index in [4.69, 9.17) is 4.74 Å². The van der Waals surface area contributed by atoms with Gasteiger partial charge in [-0.2, -0.15) is 0 Å². The van der Waals surface area contributed by atoms with Crippen molar-refractivity contribution in [3.63, 3.8) is 0 Å². The highest BCUT2D eigenvalue weighted by Gasteiger charge is 2.07. The van der Waals surface area contributed by atoms with E-state index >= 15 is 0 Å². The number of carbonyl (C=O) groups is 1. The maximum atomic E-state index is 11.0. The Bertz CT molecular complexity index is 297. The standard InChI is InChI=1S/C12H16O2/c1-4-12(14-3)11-7-5-10(6-8-11)9(2)13/h5-8,12H,4H2,1-3H3/t12-/m1/s1. The minimum atomic E-state index is 0.0991. The van der Waals surface area contributed by atoms with E-state index < -0.39 is 0 Å². The number of methoxy groups -OCH3 is 1. The van der Waals surface area contributed by atoms with Crippen molar-refractivity contribution in [1.29, 1.82) is 0 Å². The van der Waals surface area contributed by atoms with Gasteiger partial charge in [-0.05, 0) is 18.9 Å². The number of rotatable bonds is 4. The van der Waals surface area contributed by atoms with Gasteiger partial charge in [0.2, 0.25) is 0 Å². The molecule has 0 amide bonds. The Morgan fingerprint density at radius 3 is 2.29 bits per heavy atom. The average molecular weight is 192 g/mol. The third-order valence-electron chi connectivity index (χ3n) is 2.34. The molecule has 1 aromatic rings. The van der Waals surface area contributed by atoms with E-state index in [-0.39, 0.29) is 11.9 Å². The number of hydrogen-bond acceptors (Lipinski definition) is 2. The zero-order valence-electron chi connectivity index (χ0n) is 8.91. The minimum absolute atomic E-state index is 0.0991. The number of carbonyl (C=O) groups excluding carboxylic acids is 1. The lowest BCUT2D eigenvalue weighted by Crippen LogP contribution is -2.00. The topological polar surface area (TPSA) is 26.3 Å². The smallest absolute Gasteiger partial charge is 0.159 e. The highest BCUT2D eigenvalue weighted by Crippen LogP contribution is 2.20. The molecule has 0 saturated heterocycles. The van der Waals surface area contributed by atoms with Crippen molar-refractivity contribution in [2.75, 3.05) is 7.11 Å². The van der Waals surface area contributed by atoms with Crippen LogP contribution >= 0.6 is 0 Å². The predicted molar refractivity (Wildman–Crippen MR) is 56.5 cm³/mol. The Balaban J connectivity index is 2.87. The molecule has 2 heteroatoms. The summed E-state index contributed by atoms with van der Waals surface area (Å²) in [5.74, 6) is 0.0991. The molecule has 0 bridgehead atoms. The molecular formula is C12H16O2. The largest absolute Gasteiger partial charge is 0.377 e. The lowest BCUT2D eigenvalue weighted by Gasteiger charge is -2.13. The van der Waals surface area contributed by atoms with Crippen molar-refractivity contribution < 1.29 is 9.53 Å². The lowest BCUT2D eigenvalue weighted by atomic mass is 10.0. The van der Waals surface area contributed by atoms with E-state index in [2.05, 4.69) is 6.92 Å². The van der Waals surface area contributed by atoms with Gasteiger partial charge in [0, 0.05) is 12.7 Å². The summed E-state index contributed by atoms with van der Waals surface area (Å²) in [6, 6.07) is 7.60. The fraction of sp³-hybridized carbons (Fsp3) is 0.417. The van der Waals surface area contributed by atoms with Gasteiger partial charge in [0.25, 0.3) is 0 Å². The Kier molecular flexibility index (Phi) is 3.84. The van der Waals surface area contributed by atoms with Crippen LogP contribution in [0.15, 0.2) is 24.3 Å². The van der Waals surface area contributed by atoms with E-state index in [1.807, 2.05) is 24.3 Å². The van der Waals surface area contributed by atoms with Crippen molar-refractivity contribution in [2.24, 2.45) is 0 Å². The first-order chi connectivity index (χ1) is 6.69. The van der Waals surface area contributed by atoms with Gasteiger partial charge >= 0.3 is 0 Å². The molecule has 0 saturated carbocycles. The van der Waals surface area contributed by atoms with Crippen LogP contribution in [0.3, 0.4) is 0 Å². The Labute approximate surface area is 84.9 Å². The van der Waals surface area contributed by atoms with Gasteiger partial charge in [0.05, 0.1) is 6.10 Å². The van der Waals surface area contributed by atoms with Crippen molar-refractivity contribution in [3.8, 4) is 0 Å². The van der Waals surface area contributed by atoms with Gasteiger partial charge in [-0.15, -0.1) is 0 Å². The Morgan fingerprint density at radius 2 is 1.93 bits per heavy atom. The summed E-state index contributed by atoms with van der Waals surface area (Å²) < 4.78 is 5.30. The lowest BCUT2D eigenvalue weighted by molar-refractivity contribution is 0.0993. The third-order valence-corrected chi connectivity index (χ3v) is 2.34. The summed E-state index contributed by atoms with van der Waals surface area (Å²) in [5, 5.41) is 0. The molecule has 1 aromatic carbocycles. The molecule has 0 aliphatic heterocycles. The van der Waals surface area contributed by atoms with E-state index in [9.17, 15) is 4.79 Å². The zero-order chi connectivity index (χ0) is 10.6. The second-order valence-corrected chi connectivity index (χ2v) is 3.31. The molecule has 1 atom stereocenters. The van der Waals surface area contributed by atoms with Crippen LogP contribution < -0.4 is 0 Å². The quantitative estimate of drug-likeness (QED) is 0.685. The molecule has 0 aromatic heterocycles. The van der Waals surface area contributed by atoms with Gasteiger partial charge in [0.1, 0.15) is 0 Å².